The summed E-state index contributed by atoms with van der Waals surface area (Å²) in [6, 6.07) is 5.08. The number of carbonyl (C=O) groups is 1. The van der Waals surface area contributed by atoms with Crippen LogP contribution in [0.2, 0.25) is 10.0 Å². The molecular formula is C15H14Cl2N4O2. The van der Waals surface area contributed by atoms with E-state index in [0.29, 0.717) is 53.5 Å². The minimum Gasteiger partial charge on any atom is -0.378 e. The molecule has 1 N–H and O–H groups in total. The van der Waals surface area contributed by atoms with Crippen LogP contribution in [-0.2, 0) is 4.74 Å². The molecule has 1 fully saturated rings. The van der Waals surface area contributed by atoms with Crippen molar-refractivity contribution in [3.63, 3.8) is 0 Å². The lowest BCUT2D eigenvalue weighted by molar-refractivity contribution is 0.0302. The third kappa shape index (κ3) is 3.90. The van der Waals surface area contributed by atoms with E-state index in [9.17, 15) is 4.79 Å². The van der Waals surface area contributed by atoms with Gasteiger partial charge in [0, 0.05) is 30.5 Å². The second kappa shape index (κ2) is 7.12. The number of hydrogen-bond acceptors (Lipinski definition) is 5. The van der Waals surface area contributed by atoms with Gasteiger partial charge in [-0.15, -0.1) is 0 Å². The number of amides is 1. The molecule has 120 valence electrons. The zero-order chi connectivity index (χ0) is 16.2. The number of hydrogen-bond donors (Lipinski definition) is 1. The number of nitrogens with zero attached hydrogens (tertiary/aromatic N) is 3. The fourth-order valence-corrected chi connectivity index (χ4v) is 2.62. The zero-order valence-corrected chi connectivity index (χ0v) is 13.6. The monoisotopic (exact) mass is 352 g/mol. The highest BCUT2D eigenvalue weighted by atomic mass is 35.5. The molecule has 1 aromatic heterocycles. The number of nitrogens with one attached hydrogen (secondary N) is 1. The van der Waals surface area contributed by atoms with Crippen molar-refractivity contribution in [1.29, 1.82) is 0 Å². The van der Waals surface area contributed by atoms with Crippen LogP contribution in [0.25, 0.3) is 0 Å². The number of aromatic nitrogens is 2. The van der Waals surface area contributed by atoms with Crippen molar-refractivity contribution < 1.29 is 9.53 Å². The Kier molecular flexibility index (Phi) is 4.95. The van der Waals surface area contributed by atoms with Crippen LogP contribution in [0.3, 0.4) is 0 Å². The van der Waals surface area contributed by atoms with Crippen LogP contribution in [0.5, 0.6) is 0 Å². The van der Waals surface area contributed by atoms with Crippen molar-refractivity contribution in [2.24, 2.45) is 0 Å². The van der Waals surface area contributed by atoms with Gasteiger partial charge in [0.15, 0.2) is 0 Å². The van der Waals surface area contributed by atoms with Gasteiger partial charge < -0.3 is 15.0 Å². The Morgan fingerprint density at radius 2 is 1.87 bits per heavy atom. The average molecular weight is 353 g/mol. The summed E-state index contributed by atoms with van der Waals surface area (Å²) in [5.74, 6) is 0.261. The summed E-state index contributed by atoms with van der Waals surface area (Å²) in [6.45, 7) is 2.28. The molecule has 8 heteroatoms. The first kappa shape index (κ1) is 16.0. The summed E-state index contributed by atoms with van der Waals surface area (Å²) < 4.78 is 5.23. The first-order chi connectivity index (χ1) is 11.1. The van der Waals surface area contributed by atoms with Gasteiger partial charge in [-0.2, -0.15) is 0 Å². The van der Waals surface area contributed by atoms with Crippen molar-refractivity contribution in [2.75, 3.05) is 31.6 Å². The van der Waals surface area contributed by atoms with E-state index in [-0.39, 0.29) is 5.91 Å². The molecule has 0 atom stereocenters. The van der Waals surface area contributed by atoms with Gasteiger partial charge >= 0.3 is 0 Å². The van der Waals surface area contributed by atoms with Gasteiger partial charge in [0.25, 0.3) is 5.91 Å². The Morgan fingerprint density at radius 1 is 1.17 bits per heavy atom. The van der Waals surface area contributed by atoms with Crippen molar-refractivity contribution in [2.45, 2.75) is 0 Å². The van der Waals surface area contributed by atoms with E-state index in [1.165, 1.54) is 12.4 Å². The predicted molar refractivity (Wildman–Crippen MR) is 88.5 cm³/mol. The van der Waals surface area contributed by atoms with Gasteiger partial charge in [0.1, 0.15) is 0 Å². The summed E-state index contributed by atoms with van der Waals surface area (Å²) >= 11 is 11.9. The molecule has 1 amide bonds. The summed E-state index contributed by atoms with van der Waals surface area (Å²) in [5, 5.41) is 4.00. The molecule has 0 unspecified atom stereocenters. The molecule has 0 aliphatic carbocycles. The number of halogens is 2. The van der Waals surface area contributed by atoms with E-state index in [4.69, 9.17) is 27.9 Å². The van der Waals surface area contributed by atoms with Gasteiger partial charge in [-0.25, -0.2) is 9.97 Å². The van der Waals surface area contributed by atoms with Crippen LogP contribution in [0, 0.1) is 0 Å². The third-order valence-corrected chi connectivity index (χ3v) is 3.92. The van der Waals surface area contributed by atoms with Crippen LogP contribution in [0.1, 0.15) is 10.4 Å². The lowest BCUT2D eigenvalue weighted by Crippen LogP contribution is -2.40. The van der Waals surface area contributed by atoms with Crippen molar-refractivity contribution >= 4 is 40.7 Å². The van der Waals surface area contributed by atoms with Crippen LogP contribution in [-0.4, -0.2) is 47.1 Å². The van der Waals surface area contributed by atoms with E-state index >= 15 is 0 Å². The lowest BCUT2D eigenvalue weighted by Gasteiger charge is -2.26. The largest absolute Gasteiger partial charge is 0.378 e. The highest BCUT2D eigenvalue weighted by molar-refractivity contribution is 6.36. The molecule has 1 aliphatic rings. The molecule has 0 bridgehead atoms. The molecule has 0 spiro atoms. The van der Waals surface area contributed by atoms with Gasteiger partial charge in [0.2, 0.25) is 5.95 Å². The molecule has 0 saturated carbocycles. The number of morpholine rings is 1. The first-order valence-corrected chi connectivity index (χ1v) is 7.80. The molecule has 1 saturated heterocycles. The summed E-state index contributed by atoms with van der Waals surface area (Å²) in [7, 11) is 0. The molecule has 3 rings (SSSR count). The van der Waals surface area contributed by atoms with Crippen molar-refractivity contribution in [3.8, 4) is 0 Å². The molecule has 1 aliphatic heterocycles. The van der Waals surface area contributed by atoms with E-state index in [1.807, 2.05) is 0 Å². The van der Waals surface area contributed by atoms with Gasteiger partial charge in [-0.05, 0) is 18.2 Å². The fourth-order valence-electron chi connectivity index (χ4n) is 2.16. The molecule has 1 aromatic carbocycles. The SMILES string of the molecule is O=C(c1cnc(Nc2ccc(Cl)cc2Cl)nc1)N1CCOCC1. The maximum atomic E-state index is 12.3. The van der Waals surface area contributed by atoms with Crippen LogP contribution in [0.15, 0.2) is 30.6 Å². The summed E-state index contributed by atoms with van der Waals surface area (Å²) in [6.07, 6.45) is 2.99. The molecule has 2 heterocycles. The molecule has 0 radical (unpaired) electrons. The summed E-state index contributed by atoms with van der Waals surface area (Å²) in [5.41, 5.74) is 1.09. The van der Waals surface area contributed by atoms with Crippen molar-refractivity contribution in [3.05, 3.63) is 46.2 Å². The number of ether oxygens (including phenoxy) is 1. The van der Waals surface area contributed by atoms with Crippen LogP contribution in [0.4, 0.5) is 11.6 Å². The van der Waals surface area contributed by atoms with E-state index in [0.717, 1.165) is 0 Å². The smallest absolute Gasteiger partial charge is 0.257 e. The Hall–Kier alpha value is -1.89. The third-order valence-electron chi connectivity index (χ3n) is 3.37. The average Bonchev–Trinajstić information content (AvgIpc) is 2.58. The Labute approximate surface area is 143 Å². The second-order valence-corrected chi connectivity index (χ2v) is 5.79. The van der Waals surface area contributed by atoms with E-state index in [1.54, 1.807) is 23.1 Å². The lowest BCUT2D eigenvalue weighted by atomic mass is 10.3. The molecular weight excluding hydrogens is 339 g/mol. The number of anilines is 2. The minimum absolute atomic E-state index is 0.0932. The quantitative estimate of drug-likeness (QED) is 0.919. The minimum atomic E-state index is -0.0932. The highest BCUT2D eigenvalue weighted by Gasteiger charge is 2.19. The normalized spacial score (nSPS) is 14.6. The number of benzene rings is 1. The van der Waals surface area contributed by atoms with E-state index in [2.05, 4.69) is 15.3 Å². The summed E-state index contributed by atoms with van der Waals surface area (Å²) in [4.78, 5) is 22.3. The fraction of sp³-hybridized carbons (Fsp3) is 0.267. The van der Waals surface area contributed by atoms with Gasteiger partial charge in [0.05, 0.1) is 29.5 Å². The predicted octanol–water partition coefficient (Wildman–Crippen LogP) is 3.00. The van der Waals surface area contributed by atoms with Gasteiger partial charge in [-0.3, -0.25) is 4.79 Å². The number of carbonyl (C=O) groups excluding carboxylic acids is 1. The maximum absolute atomic E-state index is 12.3. The highest BCUT2D eigenvalue weighted by Crippen LogP contribution is 2.27. The molecule has 6 nitrogen and oxygen atoms in total. The topological polar surface area (TPSA) is 67.4 Å². The Bertz CT molecular complexity index is 703. The maximum Gasteiger partial charge on any atom is 0.257 e. The first-order valence-electron chi connectivity index (χ1n) is 7.04. The standard InChI is InChI=1S/C15H14Cl2N4O2/c16-11-1-2-13(12(17)7-11)20-15-18-8-10(9-19-15)14(22)21-3-5-23-6-4-21/h1-2,7-9H,3-6H2,(H,18,19,20). The van der Waals surface area contributed by atoms with Crippen molar-refractivity contribution in [1.82, 2.24) is 14.9 Å². The molecule has 2 aromatic rings. The Morgan fingerprint density at radius 3 is 2.52 bits per heavy atom. The van der Waals surface area contributed by atoms with Gasteiger partial charge in [-0.1, -0.05) is 23.2 Å². The zero-order valence-electron chi connectivity index (χ0n) is 12.1. The van der Waals surface area contributed by atoms with Crippen LogP contribution >= 0.6 is 23.2 Å². The van der Waals surface area contributed by atoms with E-state index < -0.39 is 0 Å². The van der Waals surface area contributed by atoms with Crippen LogP contribution < -0.4 is 5.32 Å². The molecule has 23 heavy (non-hydrogen) atoms. The second-order valence-electron chi connectivity index (χ2n) is 4.95. The number of rotatable bonds is 3. The Balaban J connectivity index is 1.70.